The van der Waals surface area contributed by atoms with Crippen LogP contribution in [0.5, 0.6) is 11.5 Å². The Labute approximate surface area is 176 Å². The number of benzene rings is 2. The Balaban J connectivity index is 1.62. The van der Waals surface area contributed by atoms with Gasteiger partial charge in [0, 0.05) is 25.2 Å². The van der Waals surface area contributed by atoms with Crippen molar-refractivity contribution in [2.24, 2.45) is 0 Å². The van der Waals surface area contributed by atoms with E-state index in [4.69, 9.17) is 9.47 Å². The predicted molar refractivity (Wildman–Crippen MR) is 116 cm³/mol. The Morgan fingerprint density at radius 3 is 2.67 bits per heavy atom. The molecule has 0 radical (unpaired) electrons. The molecule has 30 heavy (non-hydrogen) atoms. The highest BCUT2D eigenvalue weighted by atomic mass is 16.5. The first-order chi connectivity index (χ1) is 14.5. The molecular formula is C23H27N3O4. The maximum absolute atomic E-state index is 13.0. The van der Waals surface area contributed by atoms with E-state index in [2.05, 4.69) is 10.2 Å². The fraction of sp³-hybridized carbons (Fsp3) is 0.391. The summed E-state index contributed by atoms with van der Waals surface area (Å²) >= 11 is 0. The van der Waals surface area contributed by atoms with Gasteiger partial charge in [0.15, 0.2) is 0 Å². The number of anilines is 2. The molecule has 0 saturated carbocycles. The van der Waals surface area contributed by atoms with Crippen molar-refractivity contribution in [2.45, 2.75) is 31.8 Å². The molecule has 1 saturated heterocycles. The van der Waals surface area contributed by atoms with Crippen molar-refractivity contribution in [3.8, 4) is 11.5 Å². The maximum Gasteiger partial charge on any atom is 0.257 e. The van der Waals surface area contributed by atoms with Gasteiger partial charge in [0.1, 0.15) is 17.7 Å². The van der Waals surface area contributed by atoms with E-state index in [0.29, 0.717) is 28.3 Å². The van der Waals surface area contributed by atoms with Gasteiger partial charge in [-0.15, -0.1) is 0 Å². The fourth-order valence-electron chi connectivity index (χ4n) is 4.29. The summed E-state index contributed by atoms with van der Waals surface area (Å²) in [4.78, 5) is 30.1. The van der Waals surface area contributed by atoms with Crippen molar-refractivity contribution in [3.05, 3.63) is 47.5 Å². The van der Waals surface area contributed by atoms with Crippen LogP contribution in [0.3, 0.4) is 0 Å². The molecule has 1 fully saturated rings. The second-order valence-corrected chi connectivity index (χ2v) is 7.69. The third-order valence-corrected chi connectivity index (χ3v) is 5.96. The van der Waals surface area contributed by atoms with Crippen molar-refractivity contribution in [1.29, 1.82) is 0 Å². The Morgan fingerprint density at radius 2 is 1.90 bits per heavy atom. The molecule has 7 heteroatoms. The number of fused-ring (bicyclic) bond motifs is 2. The number of nitrogens with zero attached hydrogens (tertiary/aromatic N) is 2. The minimum absolute atomic E-state index is 0.0486. The number of hydrogen-bond donors (Lipinski definition) is 1. The summed E-state index contributed by atoms with van der Waals surface area (Å²) in [5.74, 6) is 0.956. The molecule has 1 unspecified atom stereocenters. The fourth-order valence-corrected chi connectivity index (χ4v) is 4.29. The summed E-state index contributed by atoms with van der Waals surface area (Å²) in [5.41, 5.74) is 2.50. The van der Waals surface area contributed by atoms with Crippen molar-refractivity contribution >= 4 is 23.2 Å². The summed E-state index contributed by atoms with van der Waals surface area (Å²) in [7, 11) is 5.12. The second-order valence-electron chi connectivity index (χ2n) is 7.69. The van der Waals surface area contributed by atoms with Gasteiger partial charge in [-0.1, -0.05) is 6.42 Å². The van der Waals surface area contributed by atoms with E-state index in [9.17, 15) is 9.59 Å². The van der Waals surface area contributed by atoms with E-state index in [1.807, 2.05) is 11.9 Å². The zero-order chi connectivity index (χ0) is 21.3. The third kappa shape index (κ3) is 3.56. The van der Waals surface area contributed by atoms with E-state index in [1.54, 1.807) is 50.6 Å². The maximum atomic E-state index is 13.0. The summed E-state index contributed by atoms with van der Waals surface area (Å²) < 4.78 is 10.6. The zero-order valence-corrected chi connectivity index (χ0v) is 17.6. The van der Waals surface area contributed by atoms with E-state index in [0.717, 1.165) is 37.9 Å². The Kier molecular flexibility index (Phi) is 5.53. The summed E-state index contributed by atoms with van der Waals surface area (Å²) in [6, 6.07) is 10.5. The van der Waals surface area contributed by atoms with Crippen LogP contribution in [0.25, 0.3) is 0 Å². The molecule has 1 N–H and O–H groups in total. The number of ether oxygens (including phenoxy) is 2. The van der Waals surface area contributed by atoms with Crippen molar-refractivity contribution in [1.82, 2.24) is 4.90 Å². The Bertz CT molecular complexity index is 975. The quantitative estimate of drug-likeness (QED) is 0.833. The zero-order valence-electron chi connectivity index (χ0n) is 17.6. The number of methoxy groups -OCH3 is 2. The van der Waals surface area contributed by atoms with Crippen LogP contribution in [0, 0.1) is 0 Å². The van der Waals surface area contributed by atoms with Gasteiger partial charge in [-0.25, -0.2) is 0 Å². The van der Waals surface area contributed by atoms with Gasteiger partial charge in [-0.2, -0.15) is 0 Å². The number of carbonyl (C=O) groups is 2. The highest BCUT2D eigenvalue weighted by Gasteiger charge is 2.36. The summed E-state index contributed by atoms with van der Waals surface area (Å²) in [5, 5.41) is 2.89. The molecule has 2 aromatic carbocycles. The van der Waals surface area contributed by atoms with Crippen LogP contribution in [0.1, 0.15) is 46.4 Å². The largest absolute Gasteiger partial charge is 0.497 e. The van der Waals surface area contributed by atoms with E-state index in [-0.39, 0.29) is 18.0 Å². The van der Waals surface area contributed by atoms with Crippen LogP contribution in [0.2, 0.25) is 0 Å². The van der Waals surface area contributed by atoms with Crippen molar-refractivity contribution < 1.29 is 19.1 Å². The van der Waals surface area contributed by atoms with Gasteiger partial charge < -0.3 is 24.6 Å². The van der Waals surface area contributed by atoms with E-state index < -0.39 is 0 Å². The van der Waals surface area contributed by atoms with Crippen LogP contribution < -0.4 is 19.7 Å². The first-order valence-electron chi connectivity index (χ1n) is 10.2. The SMILES string of the molecule is COc1ccc(NC(=O)c2ccc3c(c2)N(C)C2CCCCCN2C3=O)c(OC)c1. The van der Waals surface area contributed by atoms with E-state index >= 15 is 0 Å². The summed E-state index contributed by atoms with van der Waals surface area (Å²) in [6.07, 6.45) is 4.27. The third-order valence-electron chi connectivity index (χ3n) is 5.96. The van der Waals surface area contributed by atoms with E-state index in [1.165, 1.54) is 0 Å². The Morgan fingerprint density at radius 1 is 1.07 bits per heavy atom. The molecule has 7 nitrogen and oxygen atoms in total. The molecule has 2 aliphatic heterocycles. The molecule has 0 aliphatic carbocycles. The molecule has 4 rings (SSSR count). The van der Waals surface area contributed by atoms with Gasteiger partial charge in [-0.3, -0.25) is 9.59 Å². The van der Waals surface area contributed by atoms with Crippen LogP contribution in [-0.4, -0.2) is 50.7 Å². The normalized spacial score (nSPS) is 18.2. The van der Waals surface area contributed by atoms with Crippen LogP contribution >= 0.6 is 0 Å². The molecule has 2 aromatic rings. The Hall–Kier alpha value is -3.22. The average molecular weight is 409 g/mol. The topological polar surface area (TPSA) is 71.1 Å². The first-order valence-corrected chi connectivity index (χ1v) is 10.2. The molecule has 2 heterocycles. The molecule has 0 spiro atoms. The standard InChI is InChI=1S/C23H27N3O4/c1-25-19-13-15(22(27)24-18-11-9-16(29-2)14-20(18)30-3)8-10-17(19)23(28)26-12-6-4-5-7-21(25)26/h8-11,13-14,21H,4-7,12H2,1-3H3,(H,24,27). The minimum Gasteiger partial charge on any atom is -0.497 e. The molecule has 0 aromatic heterocycles. The molecule has 0 bridgehead atoms. The highest BCUT2D eigenvalue weighted by Crippen LogP contribution is 2.35. The van der Waals surface area contributed by atoms with Crippen LogP contribution in [0.4, 0.5) is 11.4 Å². The molecule has 158 valence electrons. The van der Waals surface area contributed by atoms with Crippen molar-refractivity contribution in [2.75, 3.05) is 38.0 Å². The highest BCUT2D eigenvalue weighted by molar-refractivity contribution is 6.08. The lowest BCUT2D eigenvalue weighted by molar-refractivity contribution is 0.0661. The number of rotatable bonds is 4. The lowest BCUT2D eigenvalue weighted by Gasteiger charge is -2.43. The average Bonchev–Trinajstić information content (AvgIpc) is 3.04. The monoisotopic (exact) mass is 409 g/mol. The smallest absolute Gasteiger partial charge is 0.257 e. The number of amides is 2. The molecule has 2 aliphatic rings. The van der Waals surface area contributed by atoms with Crippen LogP contribution in [-0.2, 0) is 0 Å². The number of hydrogen-bond acceptors (Lipinski definition) is 5. The van der Waals surface area contributed by atoms with Gasteiger partial charge in [0.25, 0.3) is 11.8 Å². The lowest BCUT2D eigenvalue weighted by atomic mass is 10.0. The van der Waals surface area contributed by atoms with Gasteiger partial charge in [0.05, 0.1) is 31.2 Å². The minimum atomic E-state index is -0.259. The number of carbonyl (C=O) groups excluding carboxylic acids is 2. The van der Waals surface area contributed by atoms with Crippen molar-refractivity contribution in [3.63, 3.8) is 0 Å². The van der Waals surface area contributed by atoms with Crippen LogP contribution in [0.15, 0.2) is 36.4 Å². The molecule has 2 amide bonds. The molecule has 1 atom stereocenters. The second kappa shape index (κ2) is 8.26. The molecular weight excluding hydrogens is 382 g/mol. The predicted octanol–water partition coefficient (Wildman–Crippen LogP) is 3.75. The van der Waals surface area contributed by atoms with Gasteiger partial charge >= 0.3 is 0 Å². The first kappa shape index (κ1) is 20.1. The van der Waals surface area contributed by atoms with Gasteiger partial charge in [0.2, 0.25) is 0 Å². The van der Waals surface area contributed by atoms with Gasteiger partial charge in [-0.05, 0) is 49.6 Å². The number of nitrogens with one attached hydrogen (secondary N) is 1. The summed E-state index contributed by atoms with van der Waals surface area (Å²) in [6.45, 7) is 0.785. The lowest BCUT2D eigenvalue weighted by Crippen LogP contribution is -2.53.